The predicted molar refractivity (Wildman–Crippen MR) is 131 cm³/mol. The molecule has 0 bridgehead atoms. The molecule has 1 aromatic carbocycles. The van der Waals surface area contributed by atoms with Crippen molar-refractivity contribution in [2.45, 2.75) is 37.7 Å². The van der Waals surface area contributed by atoms with Gasteiger partial charge in [-0.15, -0.1) is 0 Å². The van der Waals surface area contributed by atoms with Crippen molar-refractivity contribution in [3.8, 4) is 11.8 Å². The molecule has 8 heteroatoms. The molecule has 2 atom stereocenters. The van der Waals surface area contributed by atoms with Crippen molar-refractivity contribution in [2.24, 2.45) is 5.92 Å². The molecule has 4 aromatic rings. The fourth-order valence-corrected chi connectivity index (χ4v) is 4.70. The van der Waals surface area contributed by atoms with E-state index in [-0.39, 0.29) is 24.3 Å². The lowest BCUT2D eigenvalue weighted by Crippen LogP contribution is -2.15. The Kier molecular flexibility index (Phi) is 5.39. The van der Waals surface area contributed by atoms with Crippen molar-refractivity contribution in [3.05, 3.63) is 88.5 Å². The Hall–Kier alpha value is -3.89. The first-order valence-corrected chi connectivity index (χ1v) is 12.0. The van der Waals surface area contributed by atoms with E-state index >= 15 is 0 Å². The highest BCUT2D eigenvalue weighted by molar-refractivity contribution is 6.30. The molecule has 0 radical (unpaired) electrons. The van der Waals surface area contributed by atoms with Gasteiger partial charge in [0.25, 0.3) is 0 Å². The fraction of sp³-hybridized carbons (Fsp3) is 0.259. The molecule has 35 heavy (non-hydrogen) atoms. The molecule has 7 nitrogen and oxygen atoms in total. The van der Waals surface area contributed by atoms with Gasteiger partial charge >= 0.3 is 0 Å². The number of ether oxygens (including phenoxy) is 1. The number of carbonyl (C=O) groups is 1. The quantitative estimate of drug-likeness (QED) is 0.377. The van der Waals surface area contributed by atoms with Gasteiger partial charge in [-0.25, -0.2) is 9.97 Å². The van der Waals surface area contributed by atoms with Gasteiger partial charge in [0.2, 0.25) is 5.91 Å². The number of benzene rings is 1. The first-order valence-electron chi connectivity index (χ1n) is 11.6. The van der Waals surface area contributed by atoms with E-state index in [1.165, 1.54) is 18.4 Å². The number of amides is 1. The van der Waals surface area contributed by atoms with E-state index in [1.54, 1.807) is 18.3 Å². The second-order valence-corrected chi connectivity index (χ2v) is 9.63. The summed E-state index contributed by atoms with van der Waals surface area (Å²) in [5, 5.41) is 13.1. The lowest BCUT2D eigenvalue weighted by Gasteiger charge is -2.08. The summed E-state index contributed by atoms with van der Waals surface area (Å²) in [6, 6.07) is 15.3. The second-order valence-electron chi connectivity index (χ2n) is 9.19. The maximum atomic E-state index is 12.7. The second kappa shape index (κ2) is 8.71. The van der Waals surface area contributed by atoms with Gasteiger partial charge in [0.05, 0.1) is 11.3 Å². The van der Waals surface area contributed by atoms with E-state index in [0.29, 0.717) is 33.7 Å². The normalized spacial score (nSPS) is 18.7. The Morgan fingerprint density at radius 3 is 2.89 bits per heavy atom. The van der Waals surface area contributed by atoms with E-state index in [4.69, 9.17) is 16.3 Å². The highest BCUT2D eigenvalue weighted by Crippen LogP contribution is 2.48. The minimum Gasteiger partial charge on any atom is -0.487 e. The van der Waals surface area contributed by atoms with Crippen molar-refractivity contribution < 1.29 is 9.53 Å². The Balaban J connectivity index is 1.10. The predicted octanol–water partition coefficient (Wildman–Crippen LogP) is 5.45. The molecule has 0 aliphatic heterocycles. The summed E-state index contributed by atoms with van der Waals surface area (Å²) in [5.74, 6) is 1.61. The number of rotatable bonds is 7. The molecule has 0 spiro atoms. The summed E-state index contributed by atoms with van der Waals surface area (Å²) in [5.41, 5.74) is 4.20. The Morgan fingerprint density at radius 1 is 1.20 bits per heavy atom. The monoisotopic (exact) mass is 483 g/mol. The number of imidazole rings is 1. The van der Waals surface area contributed by atoms with Crippen LogP contribution in [-0.2, 0) is 11.4 Å². The zero-order chi connectivity index (χ0) is 23.9. The molecule has 1 N–H and O–H groups in total. The van der Waals surface area contributed by atoms with Gasteiger partial charge in [0, 0.05) is 35.6 Å². The number of pyridine rings is 2. The maximum absolute atomic E-state index is 12.7. The summed E-state index contributed by atoms with van der Waals surface area (Å²) in [6.07, 6.45) is 8.69. The topological polar surface area (TPSA) is 92.3 Å². The number of nitrogens with one attached hydrogen (secondary N) is 1. The van der Waals surface area contributed by atoms with Gasteiger partial charge in [-0.1, -0.05) is 23.7 Å². The van der Waals surface area contributed by atoms with Crippen molar-refractivity contribution in [1.82, 2.24) is 14.4 Å². The maximum Gasteiger partial charge on any atom is 0.229 e. The van der Waals surface area contributed by atoms with Crippen LogP contribution in [0, 0.1) is 17.2 Å². The third kappa shape index (κ3) is 4.58. The molecule has 2 saturated carbocycles. The Bertz CT molecular complexity index is 1490. The smallest absolute Gasteiger partial charge is 0.229 e. The zero-order valence-corrected chi connectivity index (χ0v) is 19.6. The lowest BCUT2D eigenvalue weighted by atomic mass is 10.1. The standard InChI is InChI=1S/C27H22ClN5O2/c28-20-3-1-2-17(9-20)23-11-24(23)27(34)32-25-10-22(6-7-30-25)35-15-21-14-33-13-19(16-4-5-16)8-18(12-29)26(33)31-21/h1-3,6-10,13-14,16,23-24H,4-5,11,15H2,(H,30,32,34)/t23-,24+/m1/s1. The minimum atomic E-state index is -0.0901. The van der Waals surface area contributed by atoms with E-state index in [9.17, 15) is 10.1 Å². The summed E-state index contributed by atoms with van der Waals surface area (Å²) in [7, 11) is 0. The van der Waals surface area contributed by atoms with E-state index < -0.39 is 0 Å². The molecule has 174 valence electrons. The number of nitrogens with zero attached hydrogens (tertiary/aromatic N) is 4. The number of nitriles is 1. The molecule has 2 aliphatic carbocycles. The van der Waals surface area contributed by atoms with Crippen molar-refractivity contribution >= 4 is 29.0 Å². The van der Waals surface area contributed by atoms with Gasteiger partial charge in [-0.3, -0.25) is 4.79 Å². The van der Waals surface area contributed by atoms with Gasteiger partial charge in [-0.2, -0.15) is 5.26 Å². The Labute approximate surface area is 207 Å². The van der Waals surface area contributed by atoms with Gasteiger partial charge in [0.1, 0.15) is 24.2 Å². The van der Waals surface area contributed by atoms with Crippen molar-refractivity contribution in [3.63, 3.8) is 0 Å². The first kappa shape index (κ1) is 21.6. The zero-order valence-electron chi connectivity index (χ0n) is 18.8. The molecular weight excluding hydrogens is 462 g/mol. The van der Waals surface area contributed by atoms with Crippen LogP contribution in [0.1, 0.15) is 53.5 Å². The molecule has 2 fully saturated rings. The van der Waals surface area contributed by atoms with Crippen LogP contribution < -0.4 is 10.1 Å². The van der Waals surface area contributed by atoms with Gasteiger partial charge < -0.3 is 14.5 Å². The van der Waals surface area contributed by atoms with Gasteiger partial charge in [-0.05, 0) is 66.5 Å². The first-order chi connectivity index (χ1) is 17.1. The highest BCUT2D eigenvalue weighted by Gasteiger charge is 2.44. The third-order valence-corrected chi connectivity index (χ3v) is 6.80. The fourth-order valence-electron chi connectivity index (χ4n) is 4.50. The molecule has 6 rings (SSSR count). The number of carbonyl (C=O) groups excluding carboxylic acids is 1. The SMILES string of the molecule is N#Cc1cc(C2CC2)cn2cc(COc3ccnc(NC(=O)[C@H]4C[C@@H]4c4cccc(Cl)c4)c3)nc12. The van der Waals surface area contributed by atoms with Crippen LogP contribution in [-0.4, -0.2) is 20.3 Å². The number of anilines is 1. The van der Waals surface area contributed by atoms with Crippen LogP contribution in [0.2, 0.25) is 5.02 Å². The average molecular weight is 484 g/mol. The van der Waals surface area contributed by atoms with E-state index in [0.717, 1.165) is 17.7 Å². The molecule has 1 amide bonds. The van der Waals surface area contributed by atoms with Crippen LogP contribution in [0.25, 0.3) is 5.65 Å². The number of aromatic nitrogens is 3. The average Bonchev–Trinajstić information content (AvgIpc) is 3.78. The Morgan fingerprint density at radius 2 is 2.09 bits per heavy atom. The van der Waals surface area contributed by atoms with E-state index in [1.807, 2.05) is 40.9 Å². The van der Waals surface area contributed by atoms with Gasteiger partial charge in [0.15, 0.2) is 5.65 Å². The van der Waals surface area contributed by atoms with Crippen molar-refractivity contribution in [1.29, 1.82) is 5.26 Å². The summed E-state index contributed by atoms with van der Waals surface area (Å²) in [4.78, 5) is 21.6. The summed E-state index contributed by atoms with van der Waals surface area (Å²) in [6.45, 7) is 0.238. The number of fused-ring (bicyclic) bond motifs is 1. The number of halogens is 1. The summed E-state index contributed by atoms with van der Waals surface area (Å²) < 4.78 is 7.83. The molecule has 3 aromatic heterocycles. The minimum absolute atomic E-state index is 0.0597. The van der Waals surface area contributed by atoms with E-state index in [2.05, 4.69) is 27.6 Å². The molecule has 2 aliphatic rings. The van der Waals surface area contributed by atoms with Crippen LogP contribution >= 0.6 is 11.6 Å². The third-order valence-electron chi connectivity index (χ3n) is 6.56. The lowest BCUT2D eigenvalue weighted by molar-refractivity contribution is -0.117. The largest absolute Gasteiger partial charge is 0.487 e. The number of hydrogen-bond acceptors (Lipinski definition) is 5. The molecule has 0 saturated heterocycles. The number of hydrogen-bond donors (Lipinski definition) is 1. The van der Waals surface area contributed by atoms with Crippen LogP contribution in [0.15, 0.2) is 61.1 Å². The van der Waals surface area contributed by atoms with Crippen LogP contribution in [0.4, 0.5) is 5.82 Å². The molecule has 3 heterocycles. The van der Waals surface area contributed by atoms with Crippen LogP contribution in [0.3, 0.4) is 0 Å². The van der Waals surface area contributed by atoms with Crippen molar-refractivity contribution in [2.75, 3.05) is 5.32 Å². The molecule has 0 unspecified atom stereocenters. The highest BCUT2D eigenvalue weighted by atomic mass is 35.5. The summed E-state index contributed by atoms with van der Waals surface area (Å²) >= 11 is 6.08. The molecular formula is C27H22ClN5O2. The van der Waals surface area contributed by atoms with Crippen LogP contribution in [0.5, 0.6) is 5.75 Å².